The lowest BCUT2D eigenvalue weighted by Gasteiger charge is -2.39. The molecule has 1 amide bonds. The standard InChI is InChI=1S/C34H31F4N7O3/c1-20(35)31(47)45-12-11-43(16-22(45)15-39-2)30-24-7-8-27(25-14-23(46)13-21-5-3-6-26(36)28(21)25)40-29(24)41-32(42-30)48-19-33-9-4-10-44(33)18-34(37,38)17-33/h3,5-8,13-14,22,46H,1,4,9-12,15-19H2/t22-,33-/m0/s1. The Hall–Kier alpha value is -5.03. The lowest BCUT2D eigenvalue weighted by atomic mass is 9.94. The number of pyridine rings is 1. The van der Waals surface area contributed by atoms with Crippen LogP contribution in [0.25, 0.3) is 37.9 Å². The average molecular weight is 662 g/mol. The second-order valence-electron chi connectivity index (χ2n) is 12.6. The minimum absolute atomic E-state index is 0.0725. The molecule has 0 saturated carbocycles. The van der Waals surface area contributed by atoms with Gasteiger partial charge in [0.05, 0.1) is 23.2 Å². The predicted molar refractivity (Wildman–Crippen MR) is 170 cm³/mol. The number of phenolic OH excluding ortho intramolecular Hbond substituents is 1. The summed E-state index contributed by atoms with van der Waals surface area (Å²) in [5.74, 6) is -5.06. The fraction of sp³-hybridized carbons (Fsp3) is 0.382. The van der Waals surface area contributed by atoms with Crippen LogP contribution >= 0.6 is 0 Å². The Morgan fingerprint density at radius 1 is 1.15 bits per heavy atom. The molecule has 0 radical (unpaired) electrons. The zero-order valence-electron chi connectivity index (χ0n) is 25.8. The van der Waals surface area contributed by atoms with Crippen molar-refractivity contribution in [3.63, 3.8) is 0 Å². The Morgan fingerprint density at radius 3 is 2.77 bits per heavy atom. The monoisotopic (exact) mass is 661 g/mol. The number of amides is 1. The van der Waals surface area contributed by atoms with Crippen molar-refractivity contribution in [3.05, 3.63) is 72.1 Å². The van der Waals surface area contributed by atoms with Gasteiger partial charge in [0.25, 0.3) is 11.8 Å². The van der Waals surface area contributed by atoms with Crippen LogP contribution in [0.15, 0.2) is 54.9 Å². The molecular weight excluding hydrogens is 630 g/mol. The molecule has 7 rings (SSSR count). The SMILES string of the molecule is [C-]#[N+]C[C@H]1CN(c2nc(OC[C@@]34CCCN3CC(F)(F)C4)nc3nc(-c4cc(O)cc5cccc(F)c45)ccc23)CCN1C(=O)C(=C)F. The third-order valence-corrected chi connectivity index (χ3v) is 9.50. The molecule has 3 aliphatic rings. The minimum atomic E-state index is -2.84. The molecule has 0 aliphatic carbocycles. The van der Waals surface area contributed by atoms with E-state index in [0.29, 0.717) is 40.8 Å². The zero-order valence-corrected chi connectivity index (χ0v) is 25.8. The molecule has 2 atom stereocenters. The fourth-order valence-corrected chi connectivity index (χ4v) is 7.40. The van der Waals surface area contributed by atoms with Gasteiger partial charge in [-0.1, -0.05) is 18.7 Å². The van der Waals surface area contributed by atoms with Crippen molar-refractivity contribution in [1.29, 1.82) is 0 Å². The lowest BCUT2D eigenvalue weighted by molar-refractivity contribution is -0.131. The summed E-state index contributed by atoms with van der Waals surface area (Å²) in [6.45, 7) is 11.0. The largest absolute Gasteiger partial charge is 0.508 e. The highest BCUT2D eigenvalue weighted by molar-refractivity contribution is 5.99. The topological polar surface area (TPSA) is 99.3 Å². The van der Waals surface area contributed by atoms with E-state index < -0.39 is 35.1 Å². The van der Waals surface area contributed by atoms with E-state index in [0.717, 1.165) is 6.42 Å². The Morgan fingerprint density at radius 2 is 1.98 bits per heavy atom. The second kappa shape index (κ2) is 11.9. The number of nitrogens with zero attached hydrogens (tertiary/aromatic N) is 7. The van der Waals surface area contributed by atoms with Crippen LogP contribution in [0.4, 0.5) is 23.4 Å². The highest BCUT2D eigenvalue weighted by atomic mass is 19.3. The van der Waals surface area contributed by atoms with Crippen LogP contribution in [-0.2, 0) is 4.79 Å². The number of ether oxygens (including phenoxy) is 1. The molecule has 5 heterocycles. The summed E-state index contributed by atoms with van der Waals surface area (Å²) in [4.78, 5) is 34.8. The van der Waals surface area contributed by atoms with Gasteiger partial charge in [0.2, 0.25) is 6.54 Å². The van der Waals surface area contributed by atoms with Crippen LogP contribution in [0, 0.1) is 12.4 Å². The van der Waals surface area contributed by atoms with Crippen molar-refractivity contribution in [2.45, 2.75) is 36.8 Å². The first-order chi connectivity index (χ1) is 23.0. The van der Waals surface area contributed by atoms with E-state index in [-0.39, 0.29) is 68.5 Å². The van der Waals surface area contributed by atoms with Crippen molar-refractivity contribution >= 4 is 33.5 Å². The number of carbonyl (C=O) groups excluding carboxylic acids is 1. The summed E-state index contributed by atoms with van der Waals surface area (Å²) in [6.07, 6.45) is 0.961. The van der Waals surface area contributed by atoms with E-state index in [1.807, 2.05) is 4.90 Å². The van der Waals surface area contributed by atoms with Gasteiger partial charge in [0, 0.05) is 37.0 Å². The number of rotatable bonds is 7. The van der Waals surface area contributed by atoms with Gasteiger partial charge >= 0.3 is 6.01 Å². The van der Waals surface area contributed by atoms with Crippen LogP contribution in [0.1, 0.15) is 19.3 Å². The maximum absolute atomic E-state index is 15.1. The summed E-state index contributed by atoms with van der Waals surface area (Å²) >= 11 is 0. The minimum Gasteiger partial charge on any atom is -0.508 e. The number of hydrogen-bond acceptors (Lipinski definition) is 8. The summed E-state index contributed by atoms with van der Waals surface area (Å²) in [7, 11) is 0. The molecule has 4 aromatic rings. The molecule has 2 aromatic heterocycles. The molecule has 0 spiro atoms. The van der Waals surface area contributed by atoms with E-state index in [1.165, 1.54) is 23.1 Å². The van der Waals surface area contributed by atoms with Gasteiger partial charge in [-0.05, 0) is 55.1 Å². The van der Waals surface area contributed by atoms with Gasteiger partial charge in [0.15, 0.2) is 11.5 Å². The quantitative estimate of drug-likeness (QED) is 0.161. The van der Waals surface area contributed by atoms with Crippen molar-refractivity contribution < 1.29 is 32.2 Å². The first-order valence-corrected chi connectivity index (χ1v) is 15.6. The van der Waals surface area contributed by atoms with E-state index in [9.17, 15) is 23.1 Å². The van der Waals surface area contributed by atoms with Crippen molar-refractivity contribution in [2.24, 2.45) is 0 Å². The summed E-state index contributed by atoms with van der Waals surface area (Å²) < 4.78 is 64.0. The van der Waals surface area contributed by atoms with Crippen molar-refractivity contribution in [2.75, 3.05) is 50.8 Å². The second-order valence-corrected chi connectivity index (χ2v) is 12.6. The maximum Gasteiger partial charge on any atom is 0.320 e. The molecule has 3 saturated heterocycles. The molecule has 0 bridgehead atoms. The van der Waals surface area contributed by atoms with E-state index >= 15 is 4.39 Å². The maximum atomic E-state index is 15.1. The number of anilines is 1. The Kier molecular flexibility index (Phi) is 7.82. The molecule has 3 fully saturated rings. The van der Waals surface area contributed by atoms with Crippen LogP contribution in [0.3, 0.4) is 0 Å². The Balaban J connectivity index is 1.31. The fourth-order valence-electron chi connectivity index (χ4n) is 7.40. The van der Waals surface area contributed by atoms with Gasteiger partial charge in [-0.25, -0.2) is 29.1 Å². The number of halogens is 4. The number of fused-ring (bicyclic) bond motifs is 3. The molecule has 10 nitrogen and oxygen atoms in total. The molecule has 2 aromatic carbocycles. The van der Waals surface area contributed by atoms with Crippen LogP contribution in [0.5, 0.6) is 11.8 Å². The number of phenols is 1. The zero-order chi connectivity index (χ0) is 33.8. The van der Waals surface area contributed by atoms with Crippen molar-refractivity contribution in [1.82, 2.24) is 24.8 Å². The smallest absolute Gasteiger partial charge is 0.320 e. The molecule has 248 valence electrons. The molecule has 48 heavy (non-hydrogen) atoms. The van der Waals surface area contributed by atoms with Crippen molar-refractivity contribution in [3.8, 4) is 23.0 Å². The Labute approximate surface area is 273 Å². The molecule has 3 aliphatic heterocycles. The molecule has 0 unspecified atom stereocenters. The number of benzene rings is 2. The van der Waals surface area contributed by atoms with Gasteiger partial charge < -0.3 is 24.5 Å². The van der Waals surface area contributed by atoms with Gasteiger partial charge in [0.1, 0.15) is 30.0 Å². The number of alkyl halides is 2. The third kappa shape index (κ3) is 5.61. The lowest BCUT2D eigenvalue weighted by Crippen LogP contribution is -2.56. The number of aromatic hydroxyl groups is 1. The summed E-state index contributed by atoms with van der Waals surface area (Å²) in [5, 5.41) is 11.6. The van der Waals surface area contributed by atoms with Gasteiger partial charge in [-0.2, -0.15) is 9.97 Å². The van der Waals surface area contributed by atoms with Crippen LogP contribution in [-0.4, -0.2) is 99.1 Å². The summed E-state index contributed by atoms with van der Waals surface area (Å²) in [5.41, 5.74) is -0.0633. The summed E-state index contributed by atoms with van der Waals surface area (Å²) in [6, 6.07) is 9.97. The first-order valence-electron chi connectivity index (χ1n) is 15.6. The first kappa shape index (κ1) is 31.6. The van der Waals surface area contributed by atoms with E-state index in [4.69, 9.17) is 16.3 Å². The molecule has 14 heteroatoms. The third-order valence-electron chi connectivity index (χ3n) is 9.50. The van der Waals surface area contributed by atoms with Gasteiger partial charge in [-0.3, -0.25) is 9.69 Å². The number of carbonyl (C=O) groups is 1. The molecular formula is C34H31F4N7O3. The number of aromatic nitrogens is 3. The highest BCUT2D eigenvalue weighted by Gasteiger charge is 2.57. The number of piperazine rings is 1. The Bertz CT molecular complexity index is 2000. The van der Waals surface area contributed by atoms with Crippen LogP contribution < -0.4 is 9.64 Å². The number of hydrogen-bond donors (Lipinski definition) is 1. The highest BCUT2D eigenvalue weighted by Crippen LogP contribution is 2.46. The van der Waals surface area contributed by atoms with E-state index in [2.05, 4.69) is 21.4 Å². The van der Waals surface area contributed by atoms with Crippen LogP contribution in [0.2, 0.25) is 0 Å². The van der Waals surface area contributed by atoms with E-state index in [1.54, 1.807) is 29.2 Å². The normalized spacial score (nSPS) is 22.2. The van der Waals surface area contributed by atoms with Gasteiger partial charge in [-0.15, -0.1) is 0 Å². The molecule has 1 N–H and O–H groups in total. The average Bonchev–Trinajstić information content (AvgIpc) is 3.54. The predicted octanol–water partition coefficient (Wildman–Crippen LogP) is 5.36.